The lowest BCUT2D eigenvalue weighted by atomic mass is 9.93. The van der Waals surface area contributed by atoms with Gasteiger partial charge in [-0.15, -0.1) is 0 Å². The smallest absolute Gasteiger partial charge is 0.0933 e. The van der Waals surface area contributed by atoms with Crippen molar-refractivity contribution in [3.05, 3.63) is 35.9 Å². The van der Waals surface area contributed by atoms with Crippen molar-refractivity contribution in [1.29, 1.82) is 0 Å². The van der Waals surface area contributed by atoms with E-state index in [0.29, 0.717) is 18.8 Å². The summed E-state index contributed by atoms with van der Waals surface area (Å²) in [6.45, 7) is 0.605. The number of hydroxylamine groups is 1. The van der Waals surface area contributed by atoms with E-state index in [1.807, 2.05) is 18.2 Å². The molecular formula is C14H21NO2. The summed E-state index contributed by atoms with van der Waals surface area (Å²) in [6.07, 6.45) is 5.07. The molecule has 1 aliphatic carbocycles. The van der Waals surface area contributed by atoms with Gasteiger partial charge in [-0.1, -0.05) is 43.2 Å². The quantitative estimate of drug-likeness (QED) is 0.796. The van der Waals surface area contributed by atoms with Crippen LogP contribution in [-0.4, -0.2) is 19.3 Å². The Hall–Kier alpha value is -0.900. The van der Waals surface area contributed by atoms with Crippen LogP contribution in [-0.2, 0) is 16.2 Å². The second-order valence-electron chi connectivity index (χ2n) is 4.56. The number of benzene rings is 1. The van der Waals surface area contributed by atoms with Gasteiger partial charge in [-0.3, -0.25) is 4.84 Å². The van der Waals surface area contributed by atoms with Gasteiger partial charge in [-0.2, -0.15) is 5.48 Å². The molecule has 0 aromatic heterocycles. The molecule has 1 N–H and O–H groups in total. The number of methoxy groups -OCH3 is 1. The maximum absolute atomic E-state index is 5.56. The summed E-state index contributed by atoms with van der Waals surface area (Å²) >= 11 is 0. The topological polar surface area (TPSA) is 30.5 Å². The van der Waals surface area contributed by atoms with Crippen molar-refractivity contribution in [3.8, 4) is 0 Å². The van der Waals surface area contributed by atoms with Gasteiger partial charge >= 0.3 is 0 Å². The monoisotopic (exact) mass is 235 g/mol. The van der Waals surface area contributed by atoms with Crippen LogP contribution in [0.3, 0.4) is 0 Å². The first-order valence-corrected chi connectivity index (χ1v) is 6.34. The fourth-order valence-electron chi connectivity index (χ4n) is 2.32. The van der Waals surface area contributed by atoms with E-state index in [1.54, 1.807) is 7.11 Å². The highest BCUT2D eigenvalue weighted by Gasteiger charge is 2.24. The summed E-state index contributed by atoms with van der Waals surface area (Å²) in [5.41, 5.74) is 4.33. The van der Waals surface area contributed by atoms with Gasteiger partial charge in [0.15, 0.2) is 0 Å². The molecule has 0 radical (unpaired) electrons. The maximum atomic E-state index is 5.56. The first-order valence-electron chi connectivity index (χ1n) is 6.34. The molecule has 3 nitrogen and oxygen atoms in total. The summed E-state index contributed by atoms with van der Waals surface area (Å²) in [7, 11) is 1.78. The highest BCUT2D eigenvalue weighted by atomic mass is 16.6. The lowest BCUT2D eigenvalue weighted by Crippen LogP contribution is -2.42. The summed E-state index contributed by atoms with van der Waals surface area (Å²) < 4.78 is 5.46. The van der Waals surface area contributed by atoms with E-state index >= 15 is 0 Å². The fraction of sp³-hybridized carbons (Fsp3) is 0.571. The molecule has 1 fully saturated rings. The third-order valence-electron chi connectivity index (χ3n) is 3.32. The van der Waals surface area contributed by atoms with Crippen LogP contribution in [0.5, 0.6) is 0 Å². The molecule has 0 aliphatic heterocycles. The average molecular weight is 235 g/mol. The van der Waals surface area contributed by atoms with Crippen molar-refractivity contribution in [2.24, 2.45) is 0 Å². The highest BCUT2D eigenvalue weighted by Crippen LogP contribution is 2.20. The number of hydrogen-bond donors (Lipinski definition) is 1. The van der Waals surface area contributed by atoms with Crippen molar-refractivity contribution in [1.82, 2.24) is 5.48 Å². The average Bonchev–Trinajstić information content (AvgIpc) is 2.40. The van der Waals surface area contributed by atoms with Gasteiger partial charge in [0, 0.05) is 7.11 Å². The minimum Gasteiger partial charge on any atom is -0.380 e. The predicted octanol–water partition coefficient (Wildman–Crippen LogP) is 2.67. The third kappa shape index (κ3) is 3.80. The van der Waals surface area contributed by atoms with E-state index in [1.165, 1.54) is 18.4 Å². The molecule has 0 saturated heterocycles. The Morgan fingerprint density at radius 2 is 1.94 bits per heavy atom. The zero-order chi connectivity index (χ0) is 11.9. The van der Waals surface area contributed by atoms with Crippen LogP contribution in [0.25, 0.3) is 0 Å². The normalized spacial score (nSPS) is 24.8. The van der Waals surface area contributed by atoms with Crippen LogP contribution in [0.2, 0.25) is 0 Å². The number of hydrogen-bond acceptors (Lipinski definition) is 3. The zero-order valence-electron chi connectivity index (χ0n) is 10.4. The molecule has 2 atom stereocenters. The molecular weight excluding hydrogens is 214 g/mol. The molecule has 1 saturated carbocycles. The lowest BCUT2D eigenvalue weighted by molar-refractivity contribution is -0.0569. The minimum atomic E-state index is 0.291. The van der Waals surface area contributed by atoms with E-state index in [-0.39, 0.29) is 0 Å². The Kier molecular flexibility index (Phi) is 4.98. The van der Waals surface area contributed by atoms with Crippen molar-refractivity contribution in [3.63, 3.8) is 0 Å². The lowest BCUT2D eigenvalue weighted by Gasteiger charge is -2.30. The van der Waals surface area contributed by atoms with Crippen molar-refractivity contribution >= 4 is 0 Å². The number of ether oxygens (including phenoxy) is 1. The molecule has 0 heterocycles. The maximum Gasteiger partial charge on any atom is 0.0933 e. The molecule has 0 amide bonds. The van der Waals surface area contributed by atoms with Gasteiger partial charge in [-0.25, -0.2) is 0 Å². The molecule has 2 unspecified atom stereocenters. The van der Waals surface area contributed by atoms with Crippen molar-refractivity contribution < 1.29 is 9.57 Å². The summed E-state index contributed by atoms with van der Waals surface area (Å²) in [5, 5.41) is 0. The molecule has 94 valence electrons. The second kappa shape index (κ2) is 6.74. The molecule has 0 spiro atoms. The van der Waals surface area contributed by atoms with Gasteiger partial charge < -0.3 is 4.74 Å². The van der Waals surface area contributed by atoms with Crippen LogP contribution in [0.4, 0.5) is 0 Å². The summed E-state index contributed by atoms with van der Waals surface area (Å²) in [6, 6.07) is 10.5. The molecule has 1 aromatic carbocycles. The fourth-order valence-corrected chi connectivity index (χ4v) is 2.32. The van der Waals surface area contributed by atoms with Crippen LogP contribution >= 0.6 is 0 Å². The summed E-state index contributed by atoms with van der Waals surface area (Å²) in [5.74, 6) is 0. The Bertz CT molecular complexity index is 315. The van der Waals surface area contributed by atoms with E-state index < -0.39 is 0 Å². The Morgan fingerprint density at radius 1 is 1.18 bits per heavy atom. The van der Waals surface area contributed by atoms with Gasteiger partial charge in [-0.05, 0) is 18.4 Å². The predicted molar refractivity (Wildman–Crippen MR) is 67.4 cm³/mol. The van der Waals surface area contributed by atoms with Crippen LogP contribution in [0.15, 0.2) is 30.3 Å². The van der Waals surface area contributed by atoms with E-state index in [0.717, 1.165) is 12.8 Å². The molecule has 2 rings (SSSR count). The van der Waals surface area contributed by atoms with Crippen molar-refractivity contribution in [2.45, 2.75) is 44.4 Å². The van der Waals surface area contributed by atoms with Crippen molar-refractivity contribution in [2.75, 3.05) is 7.11 Å². The highest BCUT2D eigenvalue weighted by molar-refractivity contribution is 5.13. The third-order valence-corrected chi connectivity index (χ3v) is 3.32. The van der Waals surface area contributed by atoms with E-state index in [9.17, 15) is 0 Å². The molecule has 0 bridgehead atoms. The van der Waals surface area contributed by atoms with Crippen LogP contribution in [0, 0.1) is 0 Å². The number of nitrogens with one attached hydrogen (secondary N) is 1. The molecule has 17 heavy (non-hydrogen) atoms. The van der Waals surface area contributed by atoms with Crippen LogP contribution < -0.4 is 5.48 Å². The number of rotatable bonds is 5. The standard InChI is InChI=1S/C14H21NO2/c1-16-14-10-6-5-9-13(14)15-17-11-12-7-3-2-4-8-12/h2-4,7-8,13-15H,5-6,9-11H2,1H3. The first-order chi connectivity index (χ1) is 8.40. The first kappa shape index (κ1) is 12.6. The Morgan fingerprint density at radius 3 is 2.71 bits per heavy atom. The largest absolute Gasteiger partial charge is 0.380 e. The summed E-state index contributed by atoms with van der Waals surface area (Å²) in [4.78, 5) is 5.56. The minimum absolute atomic E-state index is 0.291. The molecule has 1 aliphatic rings. The van der Waals surface area contributed by atoms with Gasteiger partial charge in [0.1, 0.15) is 0 Å². The van der Waals surface area contributed by atoms with Gasteiger partial charge in [0.2, 0.25) is 0 Å². The van der Waals surface area contributed by atoms with Gasteiger partial charge in [0.25, 0.3) is 0 Å². The van der Waals surface area contributed by atoms with Gasteiger partial charge in [0.05, 0.1) is 18.8 Å². The zero-order valence-corrected chi connectivity index (χ0v) is 10.4. The molecule has 3 heteroatoms. The Balaban J connectivity index is 1.74. The Labute approximate surface area is 103 Å². The van der Waals surface area contributed by atoms with E-state index in [2.05, 4.69) is 17.6 Å². The SMILES string of the molecule is COC1CCCCC1NOCc1ccccc1. The second-order valence-corrected chi connectivity index (χ2v) is 4.56. The van der Waals surface area contributed by atoms with E-state index in [4.69, 9.17) is 9.57 Å². The van der Waals surface area contributed by atoms with Crippen LogP contribution in [0.1, 0.15) is 31.2 Å². The molecule has 1 aromatic rings.